The van der Waals surface area contributed by atoms with Crippen LogP contribution in [0, 0.1) is 10.1 Å². The number of nitrogens with one attached hydrogen (secondary N) is 2. The van der Waals surface area contributed by atoms with Gasteiger partial charge in [0.15, 0.2) is 18.3 Å². The molecule has 57 heavy (non-hydrogen) atoms. The predicted octanol–water partition coefficient (Wildman–Crippen LogP) is 2.57. The molecule has 1 aliphatic heterocycles. The third-order valence-electron chi connectivity index (χ3n) is 7.02. The number of nitrogens with zero attached hydrogens (tertiary/aromatic N) is 1. The number of non-ortho nitro benzene ring substituents is 1. The van der Waals surface area contributed by atoms with Crippen molar-refractivity contribution in [3.05, 3.63) is 63.7 Å². The van der Waals surface area contributed by atoms with Crippen LogP contribution in [0.2, 0.25) is 0 Å². The van der Waals surface area contributed by atoms with Crippen molar-refractivity contribution in [2.24, 2.45) is 0 Å². The lowest BCUT2D eigenvalue weighted by atomic mass is 9.97. The number of hydroxylamine groups is 1. The van der Waals surface area contributed by atoms with E-state index in [0.29, 0.717) is 0 Å². The van der Waals surface area contributed by atoms with E-state index in [4.69, 9.17) is 47.5 Å². The molecule has 1 saturated heterocycles. The van der Waals surface area contributed by atoms with E-state index in [1.165, 1.54) is 30.3 Å². The quantitative estimate of drug-likeness (QED) is 0.0653. The monoisotopic (exact) mass is 807 g/mol. The van der Waals surface area contributed by atoms with Crippen molar-refractivity contribution in [3.63, 3.8) is 0 Å². The van der Waals surface area contributed by atoms with Gasteiger partial charge in [0.25, 0.3) is 11.6 Å². The number of carbonyl (C=O) groups is 7. The van der Waals surface area contributed by atoms with Crippen molar-refractivity contribution in [1.82, 2.24) is 10.8 Å². The van der Waals surface area contributed by atoms with Crippen molar-refractivity contribution in [2.75, 3.05) is 20.3 Å². The molecule has 2 aromatic rings. The number of nitro benzene ring substituents is 1. The number of rotatable bonds is 15. The van der Waals surface area contributed by atoms with Gasteiger partial charge in [-0.3, -0.25) is 34.1 Å². The van der Waals surface area contributed by atoms with Gasteiger partial charge >= 0.3 is 36.1 Å². The molecule has 2 amide bonds. The Hall–Kier alpha value is -6.55. The molecule has 0 spiro atoms. The molecule has 3 rings (SSSR count). The summed E-state index contributed by atoms with van der Waals surface area (Å²) in [4.78, 5) is 103. The van der Waals surface area contributed by atoms with Crippen LogP contribution in [0.25, 0.3) is 0 Å². The van der Waals surface area contributed by atoms with Gasteiger partial charge in [0.2, 0.25) is 12.4 Å². The first-order valence-electron chi connectivity index (χ1n) is 16.8. The number of nitro groups is 1. The fourth-order valence-corrected chi connectivity index (χ4v) is 4.87. The van der Waals surface area contributed by atoms with Gasteiger partial charge < -0.3 is 47.9 Å². The highest BCUT2D eigenvalue weighted by molar-refractivity contribution is 5.97. The van der Waals surface area contributed by atoms with Gasteiger partial charge in [0, 0.05) is 39.4 Å². The number of ether oxygens (including phenoxy) is 9. The van der Waals surface area contributed by atoms with E-state index in [1.54, 1.807) is 20.8 Å². The second-order valence-corrected chi connectivity index (χ2v) is 12.7. The van der Waals surface area contributed by atoms with Gasteiger partial charge in [0.05, 0.1) is 24.2 Å². The van der Waals surface area contributed by atoms with Crippen LogP contribution in [0.3, 0.4) is 0 Å². The maximum atomic E-state index is 13.6. The van der Waals surface area contributed by atoms with Gasteiger partial charge in [-0.2, -0.15) is 5.48 Å². The largest absolute Gasteiger partial charge is 0.514 e. The smallest absolute Gasteiger partial charge is 0.467 e. The average Bonchev–Trinajstić information content (AvgIpc) is 3.11. The van der Waals surface area contributed by atoms with E-state index in [9.17, 15) is 43.7 Å². The molecule has 310 valence electrons. The van der Waals surface area contributed by atoms with Crippen molar-refractivity contribution in [2.45, 2.75) is 84.5 Å². The Kier molecular flexibility index (Phi) is 16.0. The Morgan fingerprint density at radius 3 is 2.05 bits per heavy atom. The molecule has 22 nitrogen and oxygen atoms in total. The van der Waals surface area contributed by atoms with Gasteiger partial charge in [0.1, 0.15) is 23.7 Å². The van der Waals surface area contributed by atoms with Gasteiger partial charge in [-0.25, -0.2) is 14.4 Å². The Balaban J connectivity index is 1.92. The van der Waals surface area contributed by atoms with Crippen LogP contribution < -0.4 is 20.3 Å². The summed E-state index contributed by atoms with van der Waals surface area (Å²) < 4.78 is 47.9. The van der Waals surface area contributed by atoms with Gasteiger partial charge in [-0.1, -0.05) is 6.07 Å². The van der Waals surface area contributed by atoms with E-state index >= 15 is 0 Å². The van der Waals surface area contributed by atoms with E-state index in [-0.39, 0.29) is 41.5 Å². The summed E-state index contributed by atoms with van der Waals surface area (Å²) in [6.45, 7) is 7.03. The molecule has 2 aromatic carbocycles. The zero-order chi connectivity index (χ0) is 42.4. The Labute approximate surface area is 324 Å². The van der Waals surface area contributed by atoms with Gasteiger partial charge in [-0.15, -0.1) is 0 Å². The van der Waals surface area contributed by atoms with E-state index < -0.39 is 89.9 Å². The molecular weight excluding hydrogens is 766 g/mol. The molecule has 0 aromatic heterocycles. The van der Waals surface area contributed by atoms with Crippen molar-refractivity contribution >= 4 is 47.7 Å². The summed E-state index contributed by atoms with van der Waals surface area (Å²) in [7, 11) is 1.00. The minimum Gasteiger partial charge on any atom is -0.467 e. The first-order valence-corrected chi connectivity index (χ1v) is 16.8. The van der Waals surface area contributed by atoms with Crippen LogP contribution in [0.4, 0.5) is 15.3 Å². The molecule has 0 aliphatic carbocycles. The first kappa shape index (κ1) is 44.8. The second kappa shape index (κ2) is 20.4. The summed E-state index contributed by atoms with van der Waals surface area (Å²) in [6.07, 6.45) is -10.8. The molecule has 1 fully saturated rings. The van der Waals surface area contributed by atoms with Crippen LogP contribution in [-0.4, -0.2) is 104 Å². The summed E-state index contributed by atoms with van der Waals surface area (Å²) in [6, 6.07) is 8.42. The summed E-state index contributed by atoms with van der Waals surface area (Å²) in [5.41, 5.74) is 0.953. The fourth-order valence-electron chi connectivity index (χ4n) is 4.87. The fraction of sp³-hybridized carbons (Fsp3) is 0.457. The maximum absolute atomic E-state index is 13.6. The highest BCUT2D eigenvalue weighted by Crippen LogP contribution is 2.33. The molecular formula is C35H41N3O19. The van der Waals surface area contributed by atoms with Crippen LogP contribution in [0.1, 0.15) is 57.5 Å². The first-order chi connectivity index (χ1) is 26.8. The molecule has 2 N–H and O–H groups in total. The Morgan fingerprint density at radius 2 is 1.47 bits per heavy atom. The normalized spacial score (nSPS) is 18.8. The molecule has 5 atom stereocenters. The van der Waals surface area contributed by atoms with Crippen LogP contribution in [0.5, 0.6) is 11.5 Å². The third kappa shape index (κ3) is 14.2. The average molecular weight is 808 g/mol. The topological polar surface area (TPSA) is 279 Å². The number of carbonyl (C=O) groups excluding carboxylic acids is 7. The molecule has 0 bridgehead atoms. The zero-order valence-electron chi connectivity index (χ0n) is 31.8. The minimum atomic E-state index is -1.83. The molecule has 0 unspecified atom stereocenters. The van der Waals surface area contributed by atoms with E-state index in [0.717, 1.165) is 40.0 Å². The lowest BCUT2D eigenvalue weighted by molar-refractivity contribution is -0.384. The summed E-state index contributed by atoms with van der Waals surface area (Å²) in [5, 5.41) is 13.4. The number of hydrogen-bond donors (Lipinski definition) is 2. The number of methoxy groups -OCH3 is 1. The zero-order valence-corrected chi connectivity index (χ0v) is 31.8. The molecule has 1 aliphatic rings. The Bertz CT molecular complexity index is 1810. The number of hydrogen-bond acceptors (Lipinski definition) is 19. The van der Waals surface area contributed by atoms with Crippen LogP contribution in [-0.2, 0) is 63.8 Å². The number of esters is 4. The van der Waals surface area contributed by atoms with E-state index in [1.807, 2.05) is 0 Å². The minimum absolute atomic E-state index is 0.0548. The Morgan fingerprint density at radius 1 is 0.860 bits per heavy atom. The van der Waals surface area contributed by atoms with Crippen molar-refractivity contribution in [3.8, 4) is 11.5 Å². The van der Waals surface area contributed by atoms with Crippen LogP contribution >= 0.6 is 0 Å². The molecule has 1 heterocycles. The SMILES string of the molecule is COC(=O)[C@H]1O[C@@H](Oc2ccc(COC(=O)Oc3ccc([N+](=O)[O-])cc3)cc2C(=O)NCCONC(=O)OC(C)(C)C)[C@H](OC(C)=O)[C@@H](OC(C)=O)[C@@H]1OC(C)=O. The highest BCUT2D eigenvalue weighted by atomic mass is 16.7. The third-order valence-corrected chi connectivity index (χ3v) is 7.02. The lowest BCUT2D eigenvalue weighted by Gasteiger charge is -2.43. The number of benzene rings is 2. The van der Waals surface area contributed by atoms with E-state index in [2.05, 4.69) is 10.8 Å². The van der Waals surface area contributed by atoms with Crippen molar-refractivity contribution < 1.29 is 86.0 Å². The molecule has 0 saturated carbocycles. The standard InChI is InChI=1S/C35H41N3O19/c1-18(39)51-26-27(52-19(2)40)29(53-20(3)41)32(56-28(26)31(43)48-7)55-25-13-8-21(17-49-34(45)54-23-11-9-22(10-12-23)38(46)47)16-24(25)30(42)36-14-15-50-37-33(44)57-35(4,5)6/h8-13,16,26-29,32H,14-15,17H2,1-7H3,(H,36,42)(H,37,44)/t26-,27-,28-,29+,32+/m0/s1. The predicted molar refractivity (Wildman–Crippen MR) is 186 cm³/mol. The highest BCUT2D eigenvalue weighted by Gasteiger charge is 2.56. The van der Waals surface area contributed by atoms with Crippen LogP contribution in [0.15, 0.2) is 42.5 Å². The molecule has 22 heteroatoms. The lowest BCUT2D eigenvalue weighted by Crippen LogP contribution is -2.64. The summed E-state index contributed by atoms with van der Waals surface area (Å²) in [5.74, 6) is -5.05. The second-order valence-electron chi connectivity index (χ2n) is 12.7. The molecule has 0 radical (unpaired) electrons. The van der Waals surface area contributed by atoms with Gasteiger partial charge in [-0.05, 0) is 50.6 Å². The maximum Gasteiger partial charge on any atom is 0.514 e. The number of amides is 2. The van der Waals surface area contributed by atoms with Crippen molar-refractivity contribution in [1.29, 1.82) is 0 Å². The summed E-state index contributed by atoms with van der Waals surface area (Å²) >= 11 is 0.